The molecule has 0 saturated carbocycles. The molecule has 0 fully saturated rings. The number of esters is 3. The Hall–Kier alpha value is -4.31. The molecule has 16 nitrogen and oxygen atoms in total. The van der Waals surface area contributed by atoms with Gasteiger partial charge < -0.3 is 34.2 Å². The number of carbonyl (C=O) groups is 3. The molecule has 0 aromatic carbocycles. The van der Waals surface area contributed by atoms with Gasteiger partial charge in [0.1, 0.15) is 25.4 Å². The number of aliphatic hydroxyl groups excluding tert-OH is 2. The second-order valence-corrected chi connectivity index (χ2v) is 28.3. The van der Waals surface area contributed by atoms with Crippen molar-refractivity contribution in [1.29, 1.82) is 0 Å². The Bertz CT molecular complexity index is 2330. The van der Waals surface area contributed by atoms with Crippen LogP contribution >= 0.6 is 15.6 Å². The molecule has 568 valence electrons. The molecular weight excluding hydrogens is 1290 g/mol. The molecule has 0 aliphatic rings. The zero-order chi connectivity index (χ0) is 72.3. The molecule has 18 heteroatoms. The van der Waals surface area contributed by atoms with Crippen molar-refractivity contribution < 1.29 is 75.8 Å². The fourth-order valence-corrected chi connectivity index (χ4v) is 11.6. The highest BCUT2D eigenvalue weighted by atomic mass is 31.2. The lowest BCUT2D eigenvalue weighted by Crippen LogP contribution is -2.30. The molecule has 4 N–H and O–H groups in total. The molecule has 0 amide bonds. The van der Waals surface area contributed by atoms with E-state index in [0.717, 1.165) is 161 Å². The summed E-state index contributed by atoms with van der Waals surface area (Å²) in [4.78, 5) is 58.5. The normalized spacial score (nSPS) is 14.8. The van der Waals surface area contributed by atoms with Gasteiger partial charge in [-0.15, -0.1) is 0 Å². The van der Waals surface area contributed by atoms with Gasteiger partial charge in [0.05, 0.1) is 26.4 Å². The lowest BCUT2D eigenvalue weighted by atomic mass is 10.0. The van der Waals surface area contributed by atoms with Gasteiger partial charge in [0, 0.05) is 19.3 Å². The molecule has 0 aromatic rings. The second kappa shape index (κ2) is 73.4. The first kappa shape index (κ1) is 94.7. The smallest absolute Gasteiger partial charge is 0.463 e. The number of aliphatic hydroxyl groups is 2. The van der Waals surface area contributed by atoms with E-state index in [4.69, 9.17) is 32.3 Å². The lowest BCUT2D eigenvalue weighted by molar-refractivity contribution is -0.161. The van der Waals surface area contributed by atoms with Crippen LogP contribution in [-0.4, -0.2) is 95.9 Å². The largest absolute Gasteiger partial charge is 0.472 e. The number of phosphoric acid groups is 2. The molecular formula is C81H138O16P2. The van der Waals surface area contributed by atoms with E-state index in [9.17, 15) is 43.5 Å². The number of allylic oxidation sites excluding steroid dienone is 22. The molecule has 0 saturated heterocycles. The van der Waals surface area contributed by atoms with Gasteiger partial charge in [0.2, 0.25) is 0 Å². The minimum atomic E-state index is -4.94. The molecule has 0 radical (unpaired) electrons. The van der Waals surface area contributed by atoms with Crippen LogP contribution in [0.5, 0.6) is 0 Å². The van der Waals surface area contributed by atoms with Gasteiger partial charge >= 0.3 is 33.6 Å². The standard InChI is InChI=1S/C81H138O16P2/c1-4-7-10-13-16-19-22-25-27-29-31-33-34-35-36-37-38-39-40-42-44-45-47-50-52-55-58-61-64-67-79(84)91-70-76(82)71-93-98(87,88)94-72-77(83)73-95-99(89,90)96-75-78(97-81(86)69-66-63-60-57-54-49-24-21-18-15-12-9-6-3)74-92-80(85)68-65-62-59-56-53-51-48-46-43-41-32-30-28-26-23-20-17-14-11-8-5-2/h8,11-12,15-17,19-21,24-28,31-33,35-36,41,46,48,76-78,82-83H,4-7,9-10,13-14,18,22-23,29-30,34,37-40,42-45,47,49-75H2,1-3H3,(H,87,88)(H,89,90)/b11-8-,15-12-,19-16-,20-17-,24-21-,27-25-,28-26-,33-31-,36-35-,41-32-,48-46-. The molecule has 99 heavy (non-hydrogen) atoms. The maximum absolute atomic E-state index is 12.9. The first-order valence-corrected chi connectivity index (χ1v) is 41.5. The number of unbranched alkanes of at least 4 members (excludes halogenated alkanes) is 27. The van der Waals surface area contributed by atoms with E-state index < -0.39 is 91.5 Å². The van der Waals surface area contributed by atoms with Crippen LogP contribution < -0.4 is 0 Å². The highest BCUT2D eigenvalue weighted by molar-refractivity contribution is 7.47. The molecule has 0 aliphatic carbocycles. The predicted octanol–water partition coefficient (Wildman–Crippen LogP) is 22.3. The number of phosphoric ester groups is 2. The number of carbonyl (C=O) groups excluding carboxylic acids is 3. The second-order valence-electron chi connectivity index (χ2n) is 25.4. The van der Waals surface area contributed by atoms with Crippen molar-refractivity contribution >= 4 is 33.6 Å². The maximum atomic E-state index is 12.9. The van der Waals surface area contributed by atoms with Crippen LogP contribution in [0.25, 0.3) is 0 Å². The van der Waals surface area contributed by atoms with E-state index in [-0.39, 0.29) is 19.3 Å². The van der Waals surface area contributed by atoms with E-state index >= 15 is 0 Å². The van der Waals surface area contributed by atoms with Crippen molar-refractivity contribution in [2.45, 2.75) is 322 Å². The zero-order valence-corrected chi connectivity index (χ0v) is 63.7. The minimum Gasteiger partial charge on any atom is -0.463 e. The Morgan fingerprint density at radius 3 is 0.889 bits per heavy atom. The van der Waals surface area contributed by atoms with Crippen LogP contribution in [0.3, 0.4) is 0 Å². The third-order valence-electron chi connectivity index (χ3n) is 15.8. The average molecular weight is 1430 g/mol. The topological polar surface area (TPSA) is 231 Å². The van der Waals surface area contributed by atoms with E-state index in [0.29, 0.717) is 19.3 Å². The Morgan fingerprint density at radius 2 is 0.556 bits per heavy atom. The van der Waals surface area contributed by atoms with Crippen molar-refractivity contribution in [3.05, 3.63) is 134 Å². The summed E-state index contributed by atoms with van der Waals surface area (Å²) in [7, 11) is -9.80. The number of hydrogen-bond donors (Lipinski definition) is 4. The Morgan fingerprint density at radius 1 is 0.293 bits per heavy atom. The van der Waals surface area contributed by atoms with E-state index in [2.05, 4.69) is 154 Å². The fourth-order valence-electron chi connectivity index (χ4n) is 9.97. The molecule has 0 heterocycles. The van der Waals surface area contributed by atoms with E-state index in [1.54, 1.807) is 0 Å². The first-order chi connectivity index (χ1) is 48.2. The lowest BCUT2D eigenvalue weighted by Gasteiger charge is -2.21. The van der Waals surface area contributed by atoms with Crippen molar-refractivity contribution in [1.82, 2.24) is 0 Å². The molecule has 0 spiro atoms. The third kappa shape index (κ3) is 74.7. The van der Waals surface area contributed by atoms with Gasteiger partial charge in [0.25, 0.3) is 0 Å². The van der Waals surface area contributed by atoms with Gasteiger partial charge in [-0.2, -0.15) is 0 Å². The summed E-state index contributed by atoms with van der Waals surface area (Å²) in [5.74, 6) is -1.62. The molecule has 0 rings (SSSR count). The summed E-state index contributed by atoms with van der Waals surface area (Å²) in [5.41, 5.74) is 0. The summed E-state index contributed by atoms with van der Waals surface area (Å²) in [6, 6.07) is 0. The molecule has 0 aliphatic heterocycles. The van der Waals surface area contributed by atoms with Crippen molar-refractivity contribution in [3.8, 4) is 0 Å². The van der Waals surface area contributed by atoms with E-state index in [1.807, 2.05) is 0 Å². The molecule has 0 aromatic heterocycles. The quantitative estimate of drug-likeness (QED) is 0.0146. The number of ether oxygens (including phenoxy) is 3. The van der Waals surface area contributed by atoms with Crippen LogP contribution in [0.1, 0.15) is 303 Å². The fraction of sp³-hybridized carbons (Fsp3) is 0.691. The first-order valence-electron chi connectivity index (χ1n) is 38.5. The van der Waals surface area contributed by atoms with E-state index in [1.165, 1.54) is 83.5 Å². The number of rotatable bonds is 72. The van der Waals surface area contributed by atoms with Gasteiger partial charge in [0.15, 0.2) is 6.10 Å². The zero-order valence-electron chi connectivity index (χ0n) is 61.9. The van der Waals surface area contributed by atoms with Crippen LogP contribution in [0, 0.1) is 0 Å². The van der Waals surface area contributed by atoms with Gasteiger partial charge in [-0.3, -0.25) is 32.5 Å². The van der Waals surface area contributed by atoms with Crippen LogP contribution in [-0.2, 0) is 55.8 Å². The summed E-state index contributed by atoms with van der Waals surface area (Å²) in [5, 5.41) is 20.6. The Kier molecular flexibility index (Phi) is 70.2. The summed E-state index contributed by atoms with van der Waals surface area (Å²) in [6.45, 7) is 2.43. The van der Waals surface area contributed by atoms with Crippen molar-refractivity contribution in [3.63, 3.8) is 0 Å². The maximum Gasteiger partial charge on any atom is 0.472 e. The third-order valence-corrected chi connectivity index (χ3v) is 17.7. The summed E-state index contributed by atoms with van der Waals surface area (Å²) in [6.07, 6.45) is 87.9. The Labute approximate surface area is 601 Å². The number of hydrogen-bond acceptors (Lipinski definition) is 14. The van der Waals surface area contributed by atoms with Gasteiger partial charge in [-0.25, -0.2) is 9.13 Å². The van der Waals surface area contributed by atoms with Crippen LogP contribution in [0.2, 0.25) is 0 Å². The highest BCUT2D eigenvalue weighted by Crippen LogP contribution is 2.45. The minimum absolute atomic E-state index is 0.0804. The van der Waals surface area contributed by atoms with Gasteiger partial charge in [-0.1, -0.05) is 283 Å². The molecule has 0 bridgehead atoms. The highest BCUT2D eigenvalue weighted by Gasteiger charge is 2.29. The SMILES string of the molecule is CC/C=C\C/C=C\C/C=C\C/C=C\C/C=C\CCCCCCCC(=O)OCC(COP(=O)(O)OCC(O)COP(=O)(O)OCC(O)COC(=O)CCCCCCCCCCCCCCC/C=C\C/C=C\C/C=C\C/C=C\CCCCC)OC(=O)CCCCCCC/C=C\C/C=C\CCC. The van der Waals surface area contributed by atoms with Crippen molar-refractivity contribution in [2.24, 2.45) is 0 Å². The Balaban J connectivity index is 4.51. The predicted molar refractivity (Wildman–Crippen MR) is 408 cm³/mol. The van der Waals surface area contributed by atoms with Crippen LogP contribution in [0.4, 0.5) is 0 Å². The average Bonchev–Trinajstić information content (AvgIpc) is 1.05. The molecule has 5 unspecified atom stereocenters. The molecule has 5 atom stereocenters. The monoisotopic (exact) mass is 1430 g/mol. The van der Waals surface area contributed by atoms with Crippen LogP contribution in [0.15, 0.2) is 134 Å². The van der Waals surface area contributed by atoms with Gasteiger partial charge in [-0.05, 0) is 135 Å². The summed E-state index contributed by atoms with van der Waals surface area (Å²) >= 11 is 0. The van der Waals surface area contributed by atoms with Crippen molar-refractivity contribution in [2.75, 3.05) is 39.6 Å². The summed E-state index contributed by atoms with van der Waals surface area (Å²) < 4.78 is 61.0.